The number of aromatic nitrogens is 1. The van der Waals surface area contributed by atoms with Crippen LogP contribution in [0.5, 0.6) is 17.2 Å². The maximum atomic E-state index is 12.3. The Morgan fingerprint density at radius 3 is 0.967 bits per heavy atom. The van der Waals surface area contributed by atoms with Gasteiger partial charge in [0.2, 0.25) is 0 Å². The highest BCUT2D eigenvalue weighted by Crippen LogP contribution is 2.43. The minimum Gasteiger partial charge on any atom is -0.489 e. The maximum absolute atomic E-state index is 12.3. The van der Waals surface area contributed by atoms with E-state index in [9.17, 15) is 39.6 Å². The van der Waals surface area contributed by atoms with E-state index < -0.39 is 23.9 Å². The summed E-state index contributed by atoms with van der Waals surface area (Å²) in [5, 5.41) is 44.7. The fraction of sp³-hybridized carbons (Fsp3) is 0.237. The van der Waals surface area contributed by atoms with Gasteiger partial charge >= 0.3 is 23.9 Å². The lowest BCUT2D eigenvalue weighted by Crippen LogP contribution is -2.17. The van der Waals surface area contributed by atoms with Gasteiger partial charge in [0, 0.05) is 33.2 Å². The van der Waals surface area contributed by atoms with Crippen LogP contribution in [-0.2, 0) is 41.5 Å². The Bertz CT molecular complexity index is 4400. The minimum atomic E-state index is -1.26. The van der Waals surface area contributed by atoms with Crippen LogP contribution in [-0.4, -0.2) is 49.3 Å². The molecule has 0 aliphatic rings. The highest BCUT2D eigenvalue weighted by atomic mass is 16.5. The largest absolute Gasteiger partial charge is 0.489 e. The first kappa shape index (κ1) is 63.2. The van der Waals surface area contributed by atoms with E-state index in [1.807, 2.05) is 103 Å². The van der Waals surface area contributed by atoms with Gasteiger partial charge in [-0.1, -0.05) is 180 Å². The number of carboxylic acids is 4. The van der Waals surface area contributed by atoms with E-state index in [1.54, 1.807) is 0 Å². The molecule has 4 N–H and O–H groups in total. The van der Waals surface area contributed by atoms with Crippen molar-refractivity contribution in [1.82, 2.24) is 4.98 Å². The first-order valence-corrected chi connectivity index (χ1v) is 30.7. The highest BCUT2D eigenvalue weighted by molar-refractivity contribution is 6.22. The van der Waals surface area contributed by atoms with Gasteiger partial charge in [0.25, 0.3) is 0 Å². The van der Waals surface area contributed by atoms with Crippen LogP contribution in [0.2, 0.25) is 0 Å². The number of rotatable bonds is 16. The highest BCUT2D eigenvalue weighted by Gasteiger charge is 2.25. The molecule has 12 heteroatoms. The Balaban J connectivity index is 0.997. The SMILES string of the molecule is CC(C)(C)c1cc(COc2cc(COc3ccc(-c4c5ccc6ccc(-c7cc(C(=O)O)cc(C(=O)O)c7)cc6c5nc5c4ccc4ccc(-c6cc(C(=O)O)cc(C(=O)O)c6)cc45)cc3)cc(OCc3cc(C(C)(C)C)cc(C(C)(C)C)c3)c2)cc(C(C)(C)C)c1. The predicted octanol–water partition coefficient (Wildman–Crippen LogP) is 19.4. The van der Waals surface area contributed by atoms with Crippen molar-refractivity contribution in [3.8, 4) is 50.6 Å². The molecule has 466 valence electrons. The van der Waals surface area contributed by atoms with Crippen molar-refractivity contribution < 1.29 is 53.8 Å². The van der Waals surface area contributed by atoms with Crippen molar-refractivity contribution >= 4 is 67.2 Å². The molecule has 0 aliphatic heterocycles. The number of pyridine rings is 1. The Labute approximate surface area is 535 Å². The van der Waals surface area contributed by atoms with Crippen LogP contribution in [0.4, 0.5) is 0 Å². The number of nitrogens with zero attached hydrogens (tertiary/aromatic N) is 1. The molecule has 0 saturated heterocycles. The molecule has 11 rings (SSSR count). The molecule has 10 aromatic carbocycles. The quantitative estimate of drug-likeness (QED) is 0.0530. The molecule has 1 aromatic heterocycles. The molecule has 92 heavy (non-hydrogen) atoms. The van der Waals surface area contributed by atoms with Gasteiger partial charge in [-0.15, -0.1) is 0 Å². The van der Waals surface area contributed by atoms with Gasteiger partial charge in [0.15, 0.2) is 0 Å². The molecule has 0 spiro atoms. The minimum absolute atomic E-state index is 0.0687. The molecular formula is C80H75NO11. The number of carboxylic acid groups (broad SMARTS) is 4. The van der Waals surface area contributed by atoms with Gasteiger partial charge in [-0.25, -0.2) is 24.2 Å². The fourth-order valence-electron chi connectivity index (χ4n) is 11.6. The monoisotopic (exact) mass is 1230 g/mol. The first-order valence-electron chi connectivity index (χ1n) is 30.7. The van der Waals surface area contributed by atoms with Gasteiger partial charge in [-0.05, 0) is 172 Å². The summed E-state index contributed by atoms with van der Waals surface area (Å²) in [7, 11) is 0. The predicted molar refractivity (Wildman–Crippen MR) is 366 cm³/mol. The molecule has 0 radical (unpaired) electrons. The molecular weight excluding hydrogens is 1150 g/mol. The van der Waals surface area contributed by atoms with Crippen molar-refractivity contribution in [1.29, 1.82) is 0 Å². The van der Waals surface area contributed by atoms with E-state index >= 15 is 0 Å². The standard InChI is InChI=1S/C80H75NO11/c1-77(2,3)59-25-45(26-60(39-59)78(4,5)6)42-91-64-29-47(30-65(41-64)92-43-46-27-61(79(7,8)9)40-62(28-46)80(10,11)12)44-90-63-21-17-50(18-22-63)70-66-23-19-48-13-15-51(53-31-55(73(82)83)35-56(32-53)74(84)85)37-68(48)71(66)81-72-67(70)24-20-49-14-16-52(38-69(49)72)54-33-57(75(86)87)36-58(34-54)76(88)89/h13-41H,42-44H2,1-12H3,(H,82,83)(H,84,85)(H,86,87)(H,88,89). The first-order chi connectivity index (χ1) is 43.3. The average Bonchev–Trinajstić information content (AvgIpc) is 0.728. The second kappa shape index (κ2) is 24.1. The third-order valence-electron chi connectivity index (χ3n) is 17.0. The van der Waals surface area contributed by atoms with E-state index in [0.717, 1.165) is 61.5 Å². The van der Waals surface area contributed by atoms with Crippen molar-refractivity contribution in [2.45, 2.75) is 125 Å². The van der Waals surface area contributed by atoms with Crippen molar-refractivity contribution in [3.05, 3.63) is 237 Å². The van der Waals surface area contributed by atoms with E-state index in [-0.39, 0.29) is 50.5 Å². The van der Waals surface area contributed by atoms with Crippen LogP contribution < -0.4 is 14.2 Å². The van der Waals surface area contributed by atoms with Crippen molar-refractivity contribution in [3.63, 3.8) is 0 Å². The molecule has 0 unspecified atom stereocenters. The third kappa shape index (κ3) is 13.6. The van der Waals surface area contributed by atoms with Gasteiger partial charge in [-0.3, -0.25) is 0 Å². The van der Waals surface area contributed by atoms with Crippen LogP contribution >= 0.6 is 0 Å². The summed E-state index contributed by atoms with van der Waals surface area (Å²) in [5.74, 6) is -3.17. The number of hydrogen-bond donors (Lipinski definition) is 4. The van der Waals surface area contributed by atoms with Gasteiger partial charge in [0.1, 0.15) is 37.1 Å². The normalized spacial score (nSPS) is 12.2. The molecule has 12 nitrogen and oxygen atoms in total. The van der Waals surface area contributed by atoms with E-state index in [4.69, 9.17) is 19.2 Å². The molecule has 0 fully saturated rings. The Morgan fingerprint density at radius 1 is 0.315 bits per heavy atom. The lowest BCUT2D eigenvalue weighted by atomic mass is 9.79. The number of carbonyl (C=O) groups is 4. The van der Waals surface area contributed by atoms with Crippen LogP contribution in [0.15, 0.2) is 176 Å². The summed E-state index contributed by atoms with van der Waals surface area (Å²) < 4.78 is 20.1. The van der Waals surface area contributed by atoms with Gasteiger partial charge < -0.3 is 34.6 Å². The molecule has 11 aromatic rings. The number of fused-ring (bicyclic) bond motifs is 6. The van der Waals surface area contributed by atoms with Crippen LogP contribution in [0.3, 0.4) is 0 Å². The zero-order chi connectivity index (χ0) is 65.9. The fourth-order valence-corrected chi connectivity index (χ4v) is 11.6. The van der Waals surface area contributed by atoms with E-state index in [2.05, 4.69) is 119 Å². The zero-order valence-corrected chi connectivity index (χ0v) is 54.0. The molecule has 0 saturated carbocycles. The zero-order valence-electron chi connectivity index (χ0n) is 54.0. The smallest absolute Gasteiger partial charge is 0.335 e. The molecule has 0 amide bonds. The van der Waals surface area contributed by atoms with E-state index in [0.29, 0.717) is 74.5 Å². The van der Waals surface area contributed by atoms with Crippen molar-refractivity contribution in [2.75, 3.05) is 0 Å². The molecule has 0 bridgehead atoms. The van der Waals surface area contributed by atoms with Crippen LogP contribution in [0, 0.1) is 0 Å². The second-order valence-corrected chi connectivity index (χ2v) is 28.1. The number of ether oxygens (including phenoxy) is 3. The van der Waals surface area contributed by atoms with Crippen LogP contribution in [0.1, 0.15) is 163 Å². The summed E-state index contributed by atoms with van der Waals surface area (Å²) >= 11 is 0. The van der Waals surface area contributed by atoms with Gasteiger partial charge in [-0.2, -0.15) is 0 Å². The molecule has 1 heterocycles. The number of hydrogen-bond acceptors (Lipinski definition) is 8. The van der Waals surface area contributed by atoms with E-state index in [1.165, 1.54) is 46.5 Å². The second-order valence-electron chi connectivity index (χ2n) is 28.1. The lowest BCUT2D eigenvalue weighted by molar-refractivity contribution is 0.0676. The topological polar surface area (TPSA) is 190 Å². The summed E-state index contributed by atoms with van der Waals surface area (Å²) in [5.41, 5.74) is 11.8. The summed E-state index contributed by atoms with van der Waals surface area (Å²) in [4.78, 5) is 54.6. The van der Waals surface area contributed by atoms with Crippen LogP contribution in [0.25, 0.3) is 76.7 Å². The lowest BCUT2D eigenvalue weighted by Gasteiger charge is -2.26. The summed E-state index contributed by atoms with van der Waals surface area (Å²) in [6.07, 6.45) is 0. The number of benzene rings is 10. The maximum Gasteiger partial charge on any atom is 0.335 e. The summed E-state index contributed by atoms with van der Waals surface area (Å²) in [6, 6.07) is 54.7. The average molecular weight is 1230 g/mol. The molecule has 0 aliphatic carbocycles. The Kier molecular flexibility index (Phi) is 16.6. The van der Waals surface area contributed by atoms with Gasteiger partial charge in [0.05, 0.1) is 33.3 Å². The number of aromatic carboxylic acids is 4. The van der Waals surface area contributed by atoms with Crippen molar-refractivity contribution in [2.24, 2.45) is 0 Å². The molecule has 0 atom stereocenters. The summed E-state index contributed by atoms with van der Waals surface area (Å²) in [6.45, 7) is 27.6. The third-order valence-corrected chi connectivity index (χ3v) is 17.0. The Hall–Kier alpha value is -10.3. The Morgan fingerprint density at radius 2 is 0.630 bits per heavy atom.